The van der Waals surface area contributed by atoms with Crippen molar-refractivity contribution in [3.8, 4) is 0 Å². The molecule has 0 saturated carbocycles. The van der Waals surface area contributed by atoms with Crippen LogP contribution in [0.15, 0.2) is 35.7 Å². The fourth-order valence-electron chi connectivity index (χ4n) is 7.23. The van der Waals surface area contributed by atoms with Crippen LogP contribution < -0.4 is 16.0 Å². The van der Waals surface area contributed by atoms with E-state index >= 15 is 0 Å². The van der Waals surface area contributed by atoms with Crippen LogP contribution in [0.4, 0.5) is 0 Å². The van der Waals surface area contributed by atoms with Crippen molar-refractivity contribution in [2.75, 3.05) is 20.1 Å². The van der Waals surface area contributed by atoms with Crippen molar-refractivity contribution >= 4 is 46.8 Å². The number of benzene rings is 1. The van der Waals surface area contributed by atoms with Gasteiger partial charge < -0.3 is 30.7 Å². The molecule has 6 amide bonds. The van der Waals surface area contributed by atoms with Crippen molar-refractivity contribution in [1.29, 1.82) is 0 Å². The Labute approximate surface area is 303 Å². The first-order chi connectivity index (χ1) is 24.3. The summed E-state index contributed by atoms with van der Waals surface area (Å²) in [6.45, 7) is 9.94. The Hall–Kier alpha value is -4.33. The first-order valence-electron chi connectivity index (χ1n) is 18.1. The lowest BCUT2D eigenvalue weighted by atomic mass is 9.98. The molecule has 2 aromatic rings. The number of nitrogens with zero attached hydrogens (tertiary/aromatic N) is 4. The predicted molar refractivity (Wildman–Crippen MR) is 192 cm³/mol. The largest absolute Gasteiger partial charge is 0.345 e. The molecule has 3 N–H and O–H groups in total. The van der Waals surface area contributed by atoms with Gasteiger partial charge >= 0.3 is 0 Å². The Balaban J connectivity index is 1.54. The number of amides is 6. The third-order valence-electron chi connectivity index (χ3n) is 10.5. The van der Waals surface area contributed by atoms with Crippen LogP contribution in [0.2, 0.25) is 0 Å². The lowest BCUT2D eigenvalue weighted by molar-refractivity contribution is -0.148. The highest BCUT2D eigenvalue weighted by Crippen LogP contribution is 2.30. The molecule has 276 valence electrons. The monoisotopic (exact) mass is 721 g/mol. The molecule has 7 atom stereocenters. The average Bonchev–Trinajstić information content (AvgIpc) is 3.92. The molecule has 2 bridgehead atoms. The minimum Gasteiger partial charge on any atom is -0.345 e. The van der Waals surface area contributed by atoms with E-state index in [-0.39, 0.29) is 41.7 Å². The van der Waals surface area contributed by atoms with Crippen LogP contribution in [0.1, 0.15) is 93.8 Å². The molecule has 1 aromatic carbocycles. The quantitative estimate of drug-likeness (QED) is 0.428. The third-order valence-corrected chi connectivity index (χ3v) is 11.5. The van der Waals surface area contributed by atoms with E-state index < -0.39 is 54.0 Å². The van der Waals surface area contributed by atoms with Crippen LogP contribution in [-0.2, 0) is 30.4 Å². The van der Waals surface area contributed by atoms with Crippen molar-refractivity contribution in [2.45, 2.75) is 109 Å². The molecule has 2 fully saturated rings. The van der Waals surface area contributed by atoms with E-state index in [1.165, 1.54) is 28.2 Å². The highest BCUT2D eigenvalue weighted by Gasteiger charge is 2.44. The van der Waals surface area contributed by atoms with Gasteiger partial charge in [0.25, 0.3) is 5.91 Å². The molecule has 3 aliphatic rings. The molecular weight excluding hydrogens is 671 g/mol. The molecule has 13 nitrogen and oxygen atoms in total. The van der Waals surface area contributed by atoms with Gasteiger partial charge in [-0.05, 0) is 50.0 Å². The second kappa shape index (κ2) is 16.3. The number of thiazole rings is 1. The molecule has 0 aliphatic carbocycles. The van der Waals surface area contributed by atoms with E-state index in [1.807, 2.05) is 58.0 Å². The number of hydrogen-bond acceptors (Lipinski definition) is 8. The number of fused-ring (bicyclic) bond motifs is 4. The van der Waals surface area contributed by atoms with Gasteiger partial charge in [-0.2, -0.15) is 0 Å². The van der Waals surface area contributed by atoms with Crippen LogP contribution in [0.5, 0.6) is 0 Å². The van der Waals surface area contributed by atoms with Gasteiger partial charge in [-0.3, -0.25) is 28.8 Å². The molecule has 51 heavy (non-hydrogen) atoms. The van der Waals surface area contributed by atoms with Crippen molar-refractivity contribution < 1.29 is 28.8 Å². The normalized spacial score (nSPS) is 27.8. The molecule has 4 heterocycles. The summed E-state index contributed by atoms with van der Waals surface area (Å²) in [7, 11) is 1.54. The zero-order chi connectivity index (χ0) is 37.0. The standard InChI is InChI=1S/C37H51N7O6S/c1-7-22(4)30-34-39-25(20-51-34)31(45)38-23(5)35(48)42(6)28(19-24-13-9-8-10-14-24)36(49)43-17-11-15-26(43)32(46)40-29(21(2)3)37(50)44-18-12-16-27(44)33(47)41-30/h8-10,13-14,20-23,26-30H,7,11-12,15-19H2,1-6H3,(H,38,45)(H,40,46)(H,41,47)/t22-,23-,26-,27-,28-,29-,30-/m0/s1. The Morgan fingerprint density at radius 2 is 1.41 bits per heavy atom. The zero-order valence-corrected chi connectivity index (χ0v) is 31.2. The Kier molecular flexibility index (Phi) is 12.2. The SMILES string of the molecule is CC[C@H](C)[C@@H]1NC(=O)[C@@H]2CCCN2C(=O)[C@H](C(C)C)NC(=O)[C@@H]2CCCN2C(=O)[C@H](Cc2ccccc2)N(C)C(=O)[C@H](C)NC(=O)c2csc1n2. The van der Waals surface area contributed by atoms with Crippen molar-refractivity contribution in [3.63, 3.8) is 0 Å². The number of aromatic nitrogens is 1. The molecular formula is C37H51N7O6S. The predicted octanol–water partition coefficient (Wildman–Crippen LogP) is 2.67. The lowest BCUT2D eigenvalue weighted by Gasteiger charge is -2.35. The van der Waals surface area contributed by atoms with Crippen molar-refractivity contribution in [2.24, 2.45) is 11.8 Å². The first kappa shape index (κ1) is 37.9. The summed E-state index contributed by atoms with van der Waals surface area (Å²) in [5.41, 5.74) is 0.946. The second-order valence-corrected chi connectivity index (χ2v) is 15.3. The second-order valence-electron chi connectivity index (χ2n) is 14.4. The van der Waals surface area contributed by atoms with E-state index in [0.29, 0.717) is 43.8 Å². The lowest BCUT2D eigenvalue weighted by Crippen LogP contribution is -2.60. The average molecular weight is 722 g/mol. The smallest absolute Gasteiger partial charge is 0.271 e. The number of likely N-dealkylation sites (N-methyl/N-ethyl adjacent to an activating group) is 1. The number of nitrogens with one attached hydrogen (secondary N) is 3. The first-order valence-corrected chi connectivity index (χ1v) is 19.0. The van der Waals surface area contributed by atoms with E-state index in [4.69, 9.17) is 0 Å². The zero-order valence-electron chi connectivity index (χ0n) is 30.4. The summed E-state index contributed by atoms with van der Waals surface area (Å²) in [5, 5.41) is 11.0. The van der Waals surface area contributed by atoms with Gasteiger partial charge in [0, 0.05) is 31.9 Å². The fraction of sp³-hybridized carbons (Fsp3) is 0.595. The number of carbonyl (C=O) groups excluding carboxylic acids is 6. The maximum absolute atomic E-state index is 14.4. The van der Waals surface area contributed by atoms with Gasteiger partial charge in [0.1, 0.15) is 40.9 Å². The van der Waals surface area contributed by atoms with Gasteiger partial charge in [0.05, 0.1) is 6.04 Å². The molecule has 0 spiro atoms. The molecule has 1 aromatic heterocycles. The molecule has 3 aliphatic heterocycles. The van der Waals surface area contributed by atoms with Gasteiger partial charge in [-0.1, -0.05) is 64.4 Å². The summed E-state index contributed by atoms with van der Waals surface area (Å²) >= 11 is 1.24. The molecule has 0 radical (unpaired) electrons. The summed E-state index contributed by atoms with van der Waals surface area (Å²) in [6.07, 6.45) is 3.01. The van der Waals surface area contributed by atoms with E-state index in [0.717, 1.165) is 12.0 Å². The molecule has 2 saturated heterocycles. The van der Waals surface area contributed by atoms with Gasteiger partial charge in [-0.15, -0.1) is 11.3 Å². The summed E-state index contributed by atoms with van der Waals surface area (Å²) in [6, 6.07) is 4.38. The Morgan fingerprint density at radius 1 is 0.824 bits per heavy atom. The number of hydrogen-bond donors (Lipinski definition) is 3. The van der Waals surface area contributed by atoms with Crippen LogP contribution >= 0.6 is 11.3 Å². The van der Waals surface area contributed by atoms with E-state index in [2.05, 4.69) is 20.9 Å². The van der Waals surface area contributed by atoms with Crippen LogP contribution in [-0.4, -0.2) is 105 Å². The van der Waals surface area contributed by atoms with Crippen LogP contribution in [0, 0.1) is 11.8 Å². The third kappa shape index (κ3) is 8.26. The Bertz CT molecular complexity index is 1610. The maximum Gasteiger partial charge on any atom is 0.271 e. The Morgan fingerprint density at radius 3 is 2.00 bits per heavy atom. The van der Waals surface area contributed by atoms with Gasteiger partial charge in [0.2, 0.25) is 29.5 Å². The minimum absolute atomic E-state index is 0.0338. The number of carbonyl (C=O) groups is 6. The molecule has 5 rings (SSSR count). The van der Waals surface area contributed by atoms with Gasteiger partial charge in [0.15, 0.2) is 0 Å². The maximum atomic E-state index is 14.4. The van der Waals surface area contributed by atoms with Crippen molar-refractivity contribution in [3.05, 3.63) is 52.0 Å². The summed E-state index contributed by atoms with van der Waals surface area (Å²) in [4.78, 5) is 92.8. The van der Waals surface area contributed by atoms with Crippen LogP contribution in [0.3, 0.4) is 0 Å². The topological polar surface area (TPSA) is 161 Å². The molecule has 14 heteroatoms. The summed E-state index contributed by atoms with van der Waals surface area (Å²) in [5.74, 6) is -2.84. The fourth-order valence-corrected chi connectivity index (χ4v) is 8.21. The van der Waals surface area contributed by atoms with E-state index in [9.17, 15) is 28.8 Å². The molecule has 0 unspecified atom stereocenters. The highest BCUT2D eigenvalue weighted by molar-refractivity contribution is 7.09. The van der Waals surface area contributed by atoms with Crippen molar-refractivity contribution in [1.82, 2.24) is 35.6 Å². The number of rotatable bonds is 5. The van der Waals surface area contributed by atoms with E-state index in [1.54, 1.807) is 17.2 Å². The minimum atomic E-state index is -0.998. The van der Waals surface area contributed by atoms with Crippen LogP contribution in [0.25, 0.3) is 0 Å². The summed E-state index contributed by atoms with van der Waals surface area (Å²) < 4.78 is 0. The highest BCUT2D eigenvalue weighted by atomic mass is 32.1. The van der Waals surface area contributed by atoms with Gasteiger partial charge in [-0.25, -0.2) is 4.98 Å².